The van der Waals surface area contributed by atoms with Crippen LogP contribution in [0.2, 0.25) is 0 Å². The predicted molar refractivity (Wildman–Crippen MR) is 72.0 cm³/mol. The maximum absolute atomic E-state index is 12.0. The van der Waals surface area contributed by atoms with Crippen LogP contribution in [0.15, 0.2) is 0 Å². The first-order valence-corrected chi connectivity index (χ1v) is 7.18. The van der Waals surface area contributed by atoms with E-state index < -0.39 is 0 Å². The minimum absolute atomic E-state index is 0.355. The second-order valence-electron chi connectivity index (χ2n) is 5.33. The molecule has 1 rings (SSSR count). The average molecular weight is 240 g/mol. The lowest BCUT2D eigenvalue weighted by Gasteiger charge is -2.33. The summed E-state index contributed by atoms with van der Waals surface area (Å²) >= 11 is 0. The Hall–Kier alpha value is -0.570. The highest BCUT2D eigenvalue weighted by atomic mass is 16.2. The lowest BCUT2D eigenvalue weighted by molar-refractivity contribution is -0.133. The van der Waals surface area contributed by atoms with Crippen LogP contribution in [-0.2, 0) is 4.79 Å². The Morgan fingerprint density at radius 2 is 2.00 bits per heavy atom. The van der Waals surface area contributed by atoms with Crippen molar-refractivity contribution >= 4 is 5.91 Å². The van der Waals surface area contributed by atoms with Crippen molar-refractivity contribution in [2.75, 3.05) is 19.6 Å². The first-order valence-electron chi connectivity index (χ1n) is 7.18. The number of piperidine rings is 1. The number of carbonyl (C=O) groups is 1. The number of amides is 1. The molecule has 1 saturated heterocycles. The SMILES string of the molecule is CCCNC1CCN(C(=O)CC(C)CC)CC1. The van der Waals surface area contributed by atoms with Crippen molar-refractivity contribution in [3.05, 3.63) is 0 Å². The molecule has 0 spiro atoms. The van der Waals surface area contributed by atoms with Gasteiger partial charge in [0.2, 0.25) is 5.91 Å². The van der Waals surface area contributed by atoms with Gasteiger partial charge in [0, 0.05) is 25.6 Å². The summed E-state index contributed by atoms with van der Waals surface area (Å²) in [7, 11) is 0. The summed E-state index contributed by atoms with van der Waals surface area (Å²) in [5, 5.41) is 3.54. The molecular weight excluding hydrogens is 212 g/mol. The van der Waals surface area contributed by atoms with Crippen LogP contribution in [0.1, 0.15) is 52.9 Å². The molecule has 1 fully saturated rings. The monoisotopic (exact) mass is 240 g/mol. The minimum atomic E-state index is 0.355. The third-order valence-corrected chi connectivity index (χ3v) is 3.75. The summed E-state index contributed by atoms with van der Waals surface area (Å²) in [6.45, 7) is 9.49. The highest BCUT2D eigenvalue weighted by Gasteiger charge is 2.22. The quantitative estimate of drug-likeness (QED) is 0.773. The summed E-state index contributed by atoms with van der Waals surface area (Å²) in [6.07, 6.45) is 5.25. The maximum Gasteiger partial charge on any atom is 0.222 e. The standard InChI is InChI=1S/C14H28N2O/c1-4-8-15-13-6-9-16(10-7-13)14(17)11-12(3)5-2/h12-13,15H,4-11H2,1-3H3. The van der Waals surface area contributed by atoms with E-state index in [9.17, 15) is 4.79 Å². The van der Waals surface area contributed by atoms with Crippen LogP contribution in [0.5, 0.6) is 0 Å². The van der Waals surface area contributed by atoms with Gasteiger partial charge in [-0.05, 0) is 31.7 Å². The number of likely N-dealkylation sites (tertiary alicyclic amines) is 1. The number of carbonyl (C=O) groups excluding carboxylic acids is 1. The van der Waals surface area contributed by atoms with E-state index in [1.807, 2.05) is 0 Å². The second-order valence-corrected chi connectivity index (χ2v) is 5.33. The van der Waals surface area contributed by atoms with Crippen molar-refractivity contribution in [3.8, 4) is 0 Å². The van der Waals surface area contributed by atoms with E-state index in [1.165, 1.54) is 6.42 Å². The zero-order valence-electron chi connectivity index (χ0n) is 11.7. The third-order valence-electron chi connectivity index (χ3n) is 3.75. The number of nitrogens with zero attached hydrogens (tertiary/aromatic N) is 1. The summed E-state index contributed by atoms with van der Waals surface area (Å²) in [5.74, 6) is 0.881. The van der Waals surface area contributed by atoms with Gasteiger partial charge in [0.15, 0.2) is 0 Å². The molecule has 1 unspecified atom stereocenters. The van der Waals surface area contributed by atoms with Gasteiger partial charge in [-0.15, -0.1) is 0 Å². The number of nitrogens with one attached hydrogen (secondary N) is 1. The van der Waals surface area contributed by atoms with Gasteiger partial charge in [0.25, 0.3) is 0 Å². The Kier molecular flexibility index (Phi) is 6.56. The van der Waals surface area contributed by atoms with Crippen LogP contribution in [-0.4, -0.2) is 36.5 Å². The van der Waals surface area contributed by atoms with Crippen molar-refractivity contribution in [3.63, 3.8) is 0 Å². The molecular formula is C14H28N2O. The fourth-order valence-corrected chi connectivity index (χ4v) is 2.25. The lowest BCUT2D eigenvalue weighted by atomic mass is 10.0. The summed E-state index contributed by atoms with van der Waals surface area (Å²) in [5.41, 5.74) is 0. The van der Waals surface area contributed by atoms with E-state index in [0.717, 1.165) is 45.3 Å². The van der Waals surface area contributed by atoms with Crippen LogP contribution in [0, 0.1) is 5.92 Å². The fraction of sp³-hybridized carbons (Fsp3) is 0.929. The largest absolute Gasteiger partial charge is 0.343 e. The second kappa shape index (κ2) is 7.70. The van der Waals surface area contributed by atoms with E-state index in [1.54, 1.807) is 0 Å². The molecule has 0 radical (unpaired) electrons. The Bertz CT molecular complexity index is 222. The van der Waals surface area contributed by atoms with Gasteiger partial charge in [-0.1, -0.05) is 27.2 Å². The number of hydrogen-bond acceptors (Lipinski definition) is 2. The minimum Gasteiger partial charge on any atom is -0.343 e. The molecule has 0 bridgehead atoms. The zero-order valence-corrected chi connectivity index (χ0v) is 11.7. The van der Waals surface area contributed by atoms with Gasteiger partial charge in [0.05, 0.1) is 0 Å². The molecule has 0 aliphatic carbocycles. The molecule has 1 heterocycles. The Morgan fingerprint density at radius 1 is 1.35 bits per heavy atom. The van der Waals surface area contributed by atoms with Gasteiger partial charge < -0.3 is 10.2 Å². The van der Waals surface area contributed by atoms with Crippen molar-refractivity contribution in [1.29, 1.82) is 0 Å². The number of hydrogen-bond donors (Lipinski definition) is 1. The van der Waals surface area contributed by atoms with E-state index >= 15 is 0 Å². The molecule has 0 aromatic heterocycles. The van der Waals surface area contributed by atoms with E-state index in [4.69, 9.17) is 0 Å². The van der Waals surface area contributed by atoms with E-state index in [0.29, 0.717) is 17.9 Å². The molecule has 0 saturated carbocycles. The average Bonchev–Trinajstić information content (AvgIpc) is 2.36. The molecule has 3 heteroatoms. The lowest BCUT2D eigenvalue weighted by Crippen LogP contribution is -2.45. The number of rotatable bonds is 6. The van der Waals surface area contributed by atoms with Gasteiger partial charge >= 0.3 is 0 Å². The Labute approximate surface area is 106 Å². The van der Waals surface area contributed by atoms with Gasteiger partial charge in [0.1, 0.15) is 0 Å². The summed E-state index contributed by atoms with van der Waals surface area (Å²) < 4.78 is 0. The zero-order chi connectivity index (χ0) is 12.7. The predicted octanol–water partition coefficient (Wildman–Crippen LogP) is 2.41. The van der Waals surface area contributed by atoms with E-state index in [-0.39, 0.29) is 0 Å². The molecule has 3 nitrogen and oxygen atoms in total. The smallest absolute Gasteiger partial charge is 0.222 e. The van der Waals surface area contributed by atoms with Crippen molar-refractivity contribution in [2.24, 2.45) is 5.92 Å². The van der Waals surface area contributed by atoms with Crippen LogP contribution in [0.25, 0.3) is 0 Å². The highest BCUT2D eigenvalue weighted by Crippen LogP contribution is 2.15. The van der Waals surface area contributed by atoms with Gasteiger partial charge in [-0.25, -0.2) is 0 Å². The molecule has 1 N–H and O–H groups in total. The third kappa shape index (κ3) is 5.07. The molecule has 1 amide bonds. The fourth-order valence-electron chi connectivity index (χ4n) is 2.25. The Balaban J connectivity index is 2.24. The first-order chi connectivity index (χ1) is 8.17. The molecule has 17 heavy (non-hydrogen) atoms. The molecule has 100 valence electrons. The van der Waals surface area contributed by atoms with Crippen LogP contribution >= 0.6 is 0 Å². The molecule has 0 aromatic rings. The van der Waals surface area contributed by atoms with Gasteiger partial charge in [-0.3, -0.25) is 4.79 Å². The molecule has 0 aromatic carbocycles. The summed E-state index contributed by atoms with van der Waals surface area (Å²) in [4.78, 5) is 14.0. The van der Waals surface area contributed by atoms with Gasteiger partial charge in [-0.2, -0.15) is 0 Å². The van der Waals surface area contributed by atoms with Crippen LogP contribution in [0.3, 0.4) is 0 Å². The van der Waals surface area contributed by atoms with Crippen LogP contribution in [0.4, 0.5) is 0 Å². The van der Waals surface area contributed by atoms with Crippen LogP contribution < -0.4 is 5.32 Å². The highest BCUT2D eigenvalue weighted by molar-refractivity contribution is 5.76. The molecule has 1 aliphatic heterocycles. The maximum atomic E-state index is 12.0. The van der Waals surface area contributed by atoms with E-state index in [2.05, 4.69) is 31.0 Å². The molecule has 1 atom stereocenters. The first kappa shape index (κ1) is 14.5. The molecule has 1 aliphatic rings. The summed E-state index contributed by atoms with van der Waals surface area (Å²) in [6, 6.07) is 0.627. The van der Waals surface area contributed by atoms with Crippen molar-refractivity contribution in [2.45, 2.75) is 58.9 Å². The Morgan fingerprint density at radius 3 is 2.53 bits per heavy atom. The topological polar surface area (TPSA) is 32.3 Å². The van der Waals surface area contributed by atoms with Crippen molar-refractivity contribution in [1.82, 2.24) is 10.2 Å². The normalized spacial score (nSPS) is 19.4. The van der Waals surface area contributed by atoms with Crippen molar-refractivity contribution < 1.29 is 4.79 Å².